The predicted molar refractivity (Wildman–Crippen MR) is 75.7 cm³/mol. The van der Waals surface area contributed by atoms with Crippen LogP contribution in [-0.2, 0) is 6.42 Å². The van der Waals surface area contributed by atoms with Crippen molar-refractivity contribution in [3.63, 3.8) is 0 Å². The first kappa shape index (κ1) is 12.8. The van der Waals surface area contributed by atoms with Crippen LogP contribution in [0.2, 0.25) is 0 Å². The van der Waals surface area contributed by atoms with Crippen LogP contribution in [0.4, 0.5) is 5.69 Å². The highest BCUT2D eigenvalue weighted by Gasteiger charge is 2.08. The molecule has 4 heteroatoms. The second-order valence-electron chi connectivity index (χ2n) is 3.83. The normalized spacial score (nSPS) is 10.1. The van der Waals surface area contributed by atoms with Crippen molar-refractivity contribution in [2.45, 2.75) is 13.3 Å². The van der Waals surface area contributed by atoms with Crippen LogP contribution in [0.15, 0.2) is 47.2 Å². The molecule has 0 bridgehead atoms. The zero-order valence-corrected chi connectivity index (χ0v) is 11.6. The number of nitrogens with one attached hydrogen (secondary N) is 1. The molecule has 0 atom stereocenters. The molecule has 0 fully saturated rings. The average Bonchev–Trinajstić information content (AvgIpc) is 2.39. The van der Waals surface area contributed by atoms with Gasteiger partial charge in [0.25, 0.3) is 5.91 Å². The number of carbonyl (C=O) groups excluding carboxylic acids is 1. The number of benzene rings is 1. The zero-order chi connectivity index (χ0) is 13.0. The summed E-state index contributed by atoms with van der Waals surface area (Å²) < 4.78 is 0.652. The van der Waals surface area contributed by atoms with Crippen LogP contribution in [0, 0.1) is 0 Å². The van der Waals surface area contributed by atoms with Crippen molar-refractivity contribution in [1.29, 1.82) is 0 Å². The molecule has 0 saturated carbocycles. The van der Waals surface area contributed by atoms with Crippen LogP contribution >= 0.6 is 15.9 Å². The highest BCUT2D eigenvalue weighted by molar-refractivity contribution is 9.10. The van der Waals surface area contributed by atoms with Gasteiger partial charge >= 0.3 is 0 Å². The maximum atomic E-state index is 12.1. The molecule has 0 unspecified atom stereocenters. The lowest BCUT2D eigenvalue weighted by molar-refractivity contribution is 0.102. The van der Waals surface area contributed by atoms with E-state index in [1.807, 2.05) is 24.3 Å². The summed E-state index contributed by atoms with van der Waals surface area (Å²) in [6.07, 6.45) is 2.49. The summed E-state index contributed by atoms with van der Waals surface area (Å²) >= 11 is 3.25. The Morgan fingerprint density at radius 1 is 1.33 bits per heavy atom. The Kier molecular flexibility index (Phi) is 4.10. The van der Waals surface area contributed by atoms with Crippen LogP contribution in [0.5, 0.6) is 0 Å². The first-order valence-electron chi connectivity index (χ1n) is 5.71. The van der Waals surface area contributed by atoms with Gasteiger partial charge in [0.1, 0.15) is 4.60 Å². The predicted octanol–water partition coefficient (Wildman–Crippen LogP) is 3.66. The summed E-state index contributed by atoms with van der Waals surface area (Å²) in [7, 11) is 0. The van der Waals surface area contributed by atoms with E-state index in [0.717, 1.165) is 17.7 Å². The molecule has 92 valence electrons. The number of amides is 1. The number of hydrogen-bond acceptors (Lipinski definition) is 2. The molecule has 1 aromatic heterocycles. The molecule has 1 heterocycles. The number of para-hydroxylation sites is 1. The summed E-state index contributed by atoms with van der Waals surface area (Å²) in [5.41, 5.74) is 2.57. The maximum absolute atomic E-state index is 12.1. The van der Waals surface area contributed by atoms with Gasteiger partial charge in [0, 0.05) is 17.4 Å². The molecule has 0 aliphatic heterocycles. The fraction of sp³-hybridized carbons (Fsp3) is 0.143. The second-order valence-corrected chi connectivity index (χ2v) is 4.64. The Balaban J connectivity index is 2.21. The van der Waals surface area contributed by atoms with Crippen LogP contribution < -0.4 is 5.32 Å². The van der Waals surface area contributed by atoms with Gasteiger partial charge in [-0.2, -0.15) is 0 Å². The van der Waals surface area contributed by atoms with Crippen molar-refractivity contribution < 1.29 is 4.79 Å². The van der Waals surface area contributed by atoms with Crippen LogP contribution in [0.1, 0.15) is 22.8 Å². The molecule has 0 saturated heterocycles. The van der Waals surface area contributed by atoms with E-state index in [-0.39, 0.29) is 5.91 Å². The summed E-state index contributed by atoms with van der Waals surface area (Å²) in [6, 6.07) is 11.2. The van der Waals surface area contributed by atoms with Crippen molar-refractivity contribution >= 4 is 27.5 Å². The Hall–Kier alpha value is -1.68. The average molecular weight is 305 g/mol. The van der Waals surface area contributed by atoms with Gasteiger partial charge < -0.3 is 5.32 Å². The van der Waals surface area contributed by atoms with E-state index in [1.165, 1.54) is 0 Å². The largest absolute Gasteiger partial charge is 0.322 e. The number of aromatic nitrogens is 1. The molecule has 1 aromatic carbocycles. The summed E-state index contributed by atoms with van der Waals surface area (Å²) in [6.45, 7) is 2.06. The number of pyridine rings is 1. The topological polar surface area (TPSA) is 42.0 Å². The Morgan fingerprint density at radius 3 is 2.83 bits per heavy atom. The van der Waals surface area contributed by atoms with Crippen LogP contribution in [-0.4, -0.2) is 10.9 Å². The molecule has 2 rings (SSSR count). The summed E-state index contributed by atoms with van der Waals surface area (Å²) in [4.78, 5) is 16.1. The van der Waals surface area contributed by atoms with E-state index in [1.54, 1.807) is 18.3 Å². The van der Waals surface area contributed by atoms with Crippen molar-refractivity contribution in [1.82, 2.24) is 4.98 Å². The van der Waals surface area contributed by atoms with Gasteiger partial charge in [0.2, 0.25) is 0 Å². The molecule has 0 aliphatic rings. The molecule has 3 nitrogen and oxygen atoms in total. The fourth-order valence-corrected chi connectivity index (χ4v) is 2.05. The molecule has 2 aromatic rings. The third kappa shape index (κ3) is 2.96. The molecule has 0 aliphatic carbocycles. The smallest absolute Gasteiger partial charge is 0.255 e. The van der Waals surface area contributed by atoms with Crippen molar-refractivity contribution in [2.24, 2.45) is 0 Å². The number of halogens is 1. The lowest BCUT2D eigenvalue weighted by Gasteiger charge is -2.09. The molecule has 0 spiro atoms. The fourth-order valence-electron chi connectivity index (χ4n) is 1.69. The third-order valence-corrected chi connectivity index (χ3v) is 3.07. The van der Waals surface area contributed by atoms with Gasteiger partial charge in [-0.1, -0.05) is 25.1 Å². The van der Waals surface area contributed by atoms with Crippen LogP contribution in [0.25, 0.3) is 0 Å². The monoisotopic (exact) mass is 304 g/mol. The van der Waals surface area contributed by atoms with Crippen LogP contribution in [0.3, 0.4) is 0 Å². The zero-order valence-electron chi connectivity index (χ0n) is 9.98. The molecular formula is C14H13BrN2O. The minimum absolute atomic E-state index is 0.126. The molecular weight excluding hydrogens is 292 g/mol. The number of carbonyl (C=O) groups is 1. The van der Waals surface area contributed by atoms with E-state index < -0.39 is 0 Å². The molecule has 1 amide bonds. The number of anilines is 1. The standard InChI is InChI=1S/C14H13BrN2O/c1-2-10-5-3-4-6-12(10)17-14(18)11-7-8-16-13(15)9-11/h3-9H,2H2,1H3,(H,17,18). The maximum Gasteiger partial charge on any atom is 0.255 e. The van der Waals surface area contributed by atoms with Crippen molar-refractivity contribution in [2.75, 3.05) is 5.32 Å². The Labute approximate surface area is 114 Å². The van der Waals surface area contributed by atoms with E-state index in [9.17, 15) is 4.79 Å². The second kappa shape index (κ2) is 5.78. The number of rotatable bonds is 3. The van der Waals surface area contributed by atoms with Crippen molar-refractivity contribution in [3.05, 3.63) is 58.3 Å². The van der Waals surface area contributed by atoms with E-state index >= 15 is 0 Å². The molecule has 0 radical (unpaired) electrons. The molecule has 1 N–H and O–H groups in total. The van der Waals surface area contributed by atoms with Gasteiger partial charge in [-0.15, -0.1) is 0 Å². The van der Waals surface area contributed by atoms with Gasteiger partial charge in [-0.05, 0) is 46.1 Å². The summed E-state index contributed by atoms with van der Waals surface area (Å²) in [5, 5.41) is 2.92. The Bertz CT molecular complexity index is 569. The lowest BCUT2D eigenvalue weighted by Crippen LogP contribution is -2.13. The van der Waals surface area contributed by atoms with E-state index in [0.29, 0.717) is 10.2 Å². The SMILES string of the molecule is CCc1ccccc1NC(=O)c1ccnc(Br)c1. The highest BCUT2D eigenvalue weighted by atomic mass is 79.9. The third-order valence-electron chi connectivity index (χ3n) is 2.64. The molecule has 18 heavy (non-hydrogen) atoms. The van der Waals surface area contributed by atoms with Gasteiger partial charge in [0.15, 0.2) is 0 Å². The number of aryl methyl sites for hydroxylation is 1. The van der Waals surface area contributed by atoms with Crippen molar-refractivity contribution in [3.8, 4) is 0 Å². The quantitative estimate of drug-likeness (QED) is 0.879. The first-order valence-corrected chi connectivity index (χ1v) is 6.51. The minimum atomic E-state index is -0.126. The van der Waals surface area contributed by atoms with Gasteiger partial charge in [-0.25, -0.2) is 4.98 Å². The highest BCUT2D eigenvalue weighted by Crippen LogP contribution is 2.17. The van der Waals surface area contributed by atoms with Gasteiger partial charge in [0.05, 0.1) is 0 Å². The Morgan fingerprint density at radius 2 is 2.11 bits per heavy atom. The number of nitrogens with zero attached hydrogens (tertiary/aromatic N) is 1. The first-order chi connectivity index (χ1) is 8.70. The lowest BCUT2D eigenvalue weighted by atomic mass is 10.1. The van der Waals surface area contributed by atoms with E-state index in [2.05, 4.69) is 33.2 Å². The summed E-state index contributed by atoms with van der Waals surface area (Å²) in [5.74, 6) is -0.126. The van der Waals surface area contributed by atoms with Gasteiger partial charge in [-0.3, -0.25) is 4.79 Å². The van der Waals surface area contributed by atoms with E-state index in [4.69, 9.17) is 0 Å². The minimum Gasteiger partial charge on any atom is -0.322 e. The number of hydrogen-bond donors (Lipinski definition) is 1.